The molecule has 1 aromatic rings. The maximum Gasteiger partial charge on any atom is 0.255 e. The number of halogens is 1. The van der Waals surface area contributed by atoms with E-state index in [-0.39, 0.29) is 17.9 Å². The van der Waals surface area contributed by atoms with Crippen molar-refractivity contribution in [2.45, 2.75) is 40.0 Å². The van der Waals surface area contributed by atoms with Crippen molar-refractivity contribution in [3.8, 4) is 0 Å². The fraction of sp³-hybridized carbons (Fsp3) is 0.588. The van der Waals surface area contributed by atoms with Crippen LogP contribution in [0, 0.1) is 19.3 Å². The molecule has 1 aliphatic rings. The second-order valence-corrected chi connectivity index (χ2v) is 6.63. The number of aliphatic hydroxyl groups is 1. The third kappa shape index (κ3) is 3.24. The maximum atomic E-state index is 12.7. The van der Waals surface area contributed by atoms with Gasteiger partial charge in [0.05, 0.1) is 10.6 Å². The van der Waals surface area contributed by atoms with E-state index in [9.17, 15) is 9.90 Å². The van der Waals surface area contributed by atoms with Crippen molar-refractivity contribution in [3.05, 3.63) is 33.8 Å². The molecule has 3 nitrogen and oxygen atoms in total. The first kappa shape index (κ1) is 16.3. The summed E-state index contributed by atoms with van der Waals surface area (Å²) in [5, 5.41) is 10.1. The summed E-state index contributed by atoms with van der Waals surface area (Å²) < 4.78 is 0. The van der Waals surface area contributed by atoms with E-state index in [0.29, 0.717) is 23.7 Å². The van der Waals surface area contributed by atoms with Crippen molar-refractivity contribution in [2.24, 2.45) is 5.41 Å². The molecule has 1 saturated heterocycles. The minimum atomic E-state index is -0.0102. The Labute approximate surface area is 131 Å². The van der Waals surface area contributed by atoms with Crippen molar-refractivity contribution in [1.82, 2.24) is 4.90 Å². The van der Waals surface area contributed by atoms with E-state index >= 15 is 0 Å². The number of likely N-dealkylation sites (tertiary alicyclic amines) is 1. The molecule has 0 saturated carbocycles. The number of carbonyl (C=O) groups is 1. The third-order valence-electron chi connectivity index (χ3n) is 5.01. The smallest absolute Gasteiger partial charge is 0.255 e. The van der Waals surface area contributed by atoms with Crippen molar-refractivity contribution in [1.29, 1.82) is 0 Å². The van der Waals surface area contributed by atoms with Gasteiger partial charge in [-0.1, -0.05) is 18.5 Å². The average molecular weight is 310 g/mol. The van der Waals surface area contributed by atoms with Crippen LogP contribution in [0.3, 0.4) is 0 Å². The summed E-state index contributed by atoms with van der Waals surface area (Å²) in [6.07, 6.45) is 2.67. The van der Waals surface area contributed by atoms with E-state index in [1.54, 1.807) is 0 Å². The first-order valence-corrected chi connectivity index (χ1v) is 7.97. The Kier molecular flexibility index (Phi) is 4.95. The minimum Gasteiger partial charge on any atom is -0.396 e. The normalized spacial score (nSPS) is 17.9. The van der Waals surface area contributed by atoms with Gasteiger partial charge in [-0.2, -0.15) is 0 Å². The van der Waals surface area contributed by atoms with E-state index in [2.05, 4.69) is 6.92 Å². The molecule has 0 bridgehead atoms. The van der Waals surface area contributed by atoms with Crippen LogP contribution in [-0.4, -0.2) is 35.6 Å². The lowest BCUT2D eigenvalue weighted by molar-refractivity contribution is 0.0338. The number of benzene rings is 1. The number of piperidine rings is 1. The Morgan fingerprint density at radius 3 is 2.38 bits per heavy atom. The summed E-state index contributed by atoms with van der Waals surface area (Å²) in [4.78, 5) is 14.5. The monoisotopic (exact) mass is 309 g/mol. The van der Waals surface area contributed by atoms with Gasteiger partial charge in [0.25, 0.3) is 5.91 Å². The van der Waals surface area contributed by atoms with E-state index in [0.717, 1.165) is 30.4 Å². The molecule has 0 unspecified atom stereocenters. The fourth-order valence-corrected chi connectivity index (χ4v) is 3.22. The lowest BCUT2D eigenvalue weighted by Crippen LogP contribution is -2.44. The van der Waals surface area contributed by atoms with Gasteiger partial charge in [-0.25, -0.2) is 0 Å². The van der Waals surface area contributed by atoms with Crippen LogP contribution in [0.25, 0.3) is 0 Å². The maximum absolute atomic E-state index is 12.7. The molecule has 0 aromatic heterocycles. The predicted octanol–water partition coefficient (Wildman–Crippen LogP) is 3.58. The zero-order valence-electron chi connectivity index (χ0n) is 13.1. The first-order valence-electron chi connectivity index (χ1n) is 7.59. The Hall–Kier alpha value is -1.06. The molecule has 4 heteroatoms. The third-order valence-corrected chi connectivity index (χ3v) is 5.32. The number of hydrogen-bond acceptors (Lipinski definition) is 2. The Morgan fingerprint density at radius 2 is 1.86 bits per heavy atom. The Balaban J connectivity index is 2.14. The van der Waals surface area contributed by atoms with Crippen molar-refractivity contribution in [2.75, 3.05) is 19.7 Å². The SMILES string of the molecule is CCC1(CO)CCN(C(=O)c2cc(C)c(C)cc2Cl)CC1. The summed E-state index contributed by atoms with van der Waals surface area (Å²) >= 11 is 6.24. The second-order valence-electron chi connectivity index (χ2n) is 6.22. The van der Waals surface area contributed by atoms with Gasteiger partial charge in [0.15, 0.2) is 0 Å². The fourth-order valence-electron chi connectivity index (χ4n) is 2.92. The summed E-state index contributed by atoms with van der Waals surface area (Å²) in [5.41, 5.74) is 2.76. The van der Waals surface area contributed by atoms with Gasteiger partial charge < -0.3 is 10.0 Å². The number of amides is 1. The zero-order chi connectivity index (χ0) is 15.6. The molecule has 0 spiro atoms. The molecular weight excluding hydrogens is 286 g/mol. The number of hydrogen-bond donors (Lipinski definition) is 1. The first-order chi connectivity index (χ1) is 9.92. The van der Waals surface area contributed by atoms with Gasteiger partial charge in [-0.15, -0.1) is 0 Å². The van der Waals surface area contributed by atoms with Crippen LogP contribution in [-0.2, 0) is 0 Å². The zero-order valence-corrected chi connectivity index (χ0v) is 13.8. The largest absolute Gasteiger partial charge is 0.396 e. The van der Waals surface area contributed by atoms with Crippen LogP contribution in [0.2, 0.25) is 5.02 Å². The second kappa shape index (κ2) is 6.37. The number of aliphatic hydroxyl groups excluding tert-OH is 1. The standard InChI is InChI=1S/C17H24ClNO2/c1-4-17(11-20)5-7-19(8-6-17)16(21)14-9-12(2)13(3)10-15(14)18/h9-10,20H,4-8,11H2,1-3H3. The molecule has 1 aliphatic heterocycles. The highest BCUT2D eigenvalue weighted by Crippen LogP contribution is 2.35. The topological polar surface area (TPSA) is 40.5 Å². The van der Waals surface area contributed by atoms with E-state index in [1.165, 1.54) is 0 Å². The van der Waals surface area contributed by atoms with Crippen molar-refractivity contribution in [3.63, 3.8) is 0 Å². The molecule has 1 N–H and O–H groups in total. The summed E-state index contributed by atoms with van der Waals surface area (Å²) in [5.74, 6) is 0.00532. The van der Waals surface area contributed by atoms with E-state index < -0.39 is 0 Å². The molecule has 1 aromatic carbocycles. The molecule has 1 fully saturated rings. The average Bonchev–Trinajstić information content (AvgIpc) is 2.50. The van der Waals surface area contributed by atoms with Crippen LogP contribution < -0.4 is 0 Å². The van der Waals surface area contributed by atoms with E-state index in [1.807, 2.05) is 30.9 Å². The molecule has 0 atom stereocenters. The quantitative estimate of drug-likeness (QED) is 0.927. The highest BCUT2D eigenvalue weighted by Gasteiger charge is 2.34. The summed E-state index contributed by atoms with van der Waals surface area (Å²) in [6.45, 7) is 7.68. The molecule has 21 heavy (non-hydrogen) atoms. The highest BCUT2D eigenvalue weighted by molar-refractivity contribution is 6.34. The summed E-state index contributed by atoms with van der Waals surface area (Å²) in [6, 6.07) is 3.74. The van der Waals surface area contributed by atoms with Crippen LogP contribution in [0.15, 0.2) is 12.1 Å². The van der Waals surface area contributed by atoms with Gasteiger partial charge in [0.2, 0.25) is 0 Å². The Bertz CT molecular complexity index is 528. The van der Waals surface area contributed by atoms with Crippen LogP contribution in [0.4, 0.5) is 0 Å². The number of aryl methyl sites for hydroxylation is 2. The molecule has 0 aliphatic carbocycles. The van der Waals surface area contributed by atoms with Crippen LogP contribution in [0.1, 0.15) is 47.7 Å². The van der Waals surface area contributed by atoms with Crippen LogP contribution in [0.5, 0.6) is 0 Å². The number of rotatable bonds is 3. The van der Waals surface area contributed by atoms with Gasteiger partial charge in [0, 0.05) is 19.7 Å². The molecule has 0 radical (unpaired) electrons. The highest BCUT2D eigenvalue weighted by atomic mass is 35.5. The number of nitrogens with zero attached hydrogens (tertiary/aromatic N) is 1. The van der Waals surface area contributed by atoms with Crippen molar-refractivity contribution >= 4 is 17.5 Å². The van der Waals surface area contributed by atoms with Crippen LogP contribution >= 0.6 is 11.6 Å². The lowest BCUT2D eigenvalue weighted by atomic mass is 9.77. The van der Waals surface area contributed by atoms with Gasteiger partial charge in [0.1, 0.15) is 0 Å². The van der Waals surface area contributed by atoms with E-state index in [4.69, 9.17) is 11.6 Å². The molecule has 1 heterocycles. The molecule has 116 valence electrons. The summed E-state index contributed by atoms with van der Waals surface area (Å²) in [7, 11) is 0. The minimum absolute atomic E-state index is 0.00532. The van der Waals surface area contributed by atoms with Gasteiger partial charge in [-0.05, 0) is 61.8 Å². The lowest BCUT2D eigenvalue weighted by Gasteiger charge is -2.40. The van der Waals surface area contributed by atoms with Crippen molar-refractivity contribution < 1.29 is 9.90 Å². The van der Waals surface area contributed by atoms with Gasteiger partial charge >= 0.3 is 0 Å². The molecular formula is C17H24ClNO2. The number of carbonyl (C=O) groups excluding carboxylic acids is 1. The van der Waals surface area contributed by atoms with Gasteiger partial charge in [-0.3, -0.25) is 4.79 Å². The Morgan fingerprint density at radius 1 is 1.29 bits per heavy atom. The molecule has 1 amide bonds. The molecule has 2 rings (SSSR count). The predicted molar refractivity (Wildman–Crippen MR) is 85.9 cm³/mol.